The average molecular weight is 381 g/mol. The van der Waals surface area contributed by atoms with Crippen LogP contribution in [0, 0.1) is 12.9 Å². The van der Waals surface area contributed by atoms with Gasteiger partial charge in [-0.15, -0.1) is 0 Å². The van der Waals surface area contributed by atoms with Crippen LogP contribution in [-0.2, 0) is 13.2 Å². The minimum Gasteiger partial charge on any atom is -0.390 e. The zero-order valence-corrected chi connectivity index (χ0v) is 15.5. The van der Waals surface area contributed by atoms with Gasteiger partial charge in [-0.1, -0.05) is 41.4 Å². The zero-order chi connectivity index (χ0) is 19.0. The van der Waals surface area contributed by atoms with Crippen molar-refractivity contribution in [2.45, 2.75) is 20.1 Å². The molecule has 0 radical (unpaired) electrons. The maximum absolute atomic E-state index is 13.3. The molecule has 136 valence electrons. The van der Waals surface area contributed by atoms with Crippen LogP contribution in [0.3, 0.4) is 0 Å². The van der Waals surface area contributed by atoms with Crippen molar-refractivity contribution in [3.05, 3.63) is 88.6 Å². The molecule has 1 N–H and O–H groups in total. The first-order valence-electron chi connectivity index (χ1n) is 8.66. The molecule has 0 aliphatic heterocycles. The Morgan fingerprint density at radius 1 is 1.11 bits per heavy atom. The van der Waals surface area contributed by atoms with Crippen molar-refractivity contribution in [2.75, 3.05) is 0 Å². The Hall–Kier alpha value is -2.69. The number of hydrogen-bond donors (Lipinski definition) is 1. The van der Waals surface area contributed by atoms with Crippen LogP contribution in [0.15, 0.2) is 60.8 Å². The lowest BCUT2D eigenvalue weighted by molar-refractivity contribution is 0.273. The number of pyridine rings is 1. The monoisotopic (exact) mass is 380 g/mol. The van der Waals surface area contributed by atoms with Gasteiger partial charge < -0.3 is 9.67 Å². The Morgan fingerprint density at radius 2 is 1.93 bits per heavy atom. The van der Waals surface area contributed by atoms with E-state index in [9.17, 15) is 9.50 Å². The van der Waals surface area contributed by atoms with Gasteiger partial charge in [-0.05, 0) is 42.8 Å². The van der Waals surface area contributed by atoms with Gasteiger partial charge >= 0.3 is 0 Å². The Kier molecular flexibility index (Phi) is 4.68. The van der Waals surface area contributed by atoms with Gasteiger partial charge in [-0.25, -0.2) is 4.98 Å². The highest BCUT2D eigenvalue weighted by molar-refractivity contribution is 6.31. The van der Waals surface area contributed by atoms with Crippen molar-refractivity contribution >= 4 is 22.5 Å². The smallest absolute Gasteiger partial charge is 0.212 e. The minimum atomic E-state index is -0.528. The molecule has 0 spiro atoms. The highest BCUT2D eigenvalue weighted by Gasteiger charge is 2.19. The van der Waals surface area contributed by atoms with E-state index in [2.05, 4.69) is 15.6 Å². The Bertz CT molecular complexity index is 1120. The fourth-order valence-electron chi connectivity index (χ4n) is 3.51. The molecule has 2 heterocycles. The van der Waals surface area contributed by atoms with Crippen LogP contribution in [0.2, 0.25) is 5.02 Å². The first-order valence-corrected chi connectivity index (χ1v) is 9.04. The quantitative estimate of drug-likeness (QED) is 0.485. The van der Waals surface area contributed by atoms with E-state index >= 15 is 0 Å². The third-order valence-electron chi connectivity index (χ3n) is 4.78. The van der Waals surface area contributed by atoms with Gasteiger partial charge in [0.05, 0.1) is 12.3 Å². The SMILES string of the molecule is Cc1ccc2c(c1)c(-c1ccc(F)nc1)c(CO)n2Cc1ccccc1Cl. The summed E-state index contributed by atoms with van der Waals surface area (Å²) < 4.78 is 15.4. The number of rotatable bonds is 4. The molecule has 0 saturated carbocycles. The molecule has 2 aromatic heterocycles. The second-order valence-corrected chi connectivity index (χ2v) is 6.95. The zero-order valence-electron chi connectivity index (χ0n) is 14.8. The number of hydrogen-bond acceptors (Lipinski definition) is 2. The predicted octanol–water partition coefficient (Wildman–Crippen LogP) is 5.34. The van der Waals surface area contributed by atoms with E-state index in [-0.39, 0.29) is 6.61 Å². The summed E-state index contributed by atoms with van der Waals surface area (Å²) in [5, 5.41) is 11.9. The topological polar surface area (TPSA) is 38.1 Å². The summed E-state index contributed by atoms with van der Waals surface area (Å²) in [6.45, 7) is 2.41. The summed E-state index contributed by atoms with van der Waals surface area (Å²) in [5.74, 6) is -0.528. The molecule has 0 aliphatic rings. The fraction of sp³-hybridized carbons (Fsp3) is 0.136. The molecule has 0 aliphatic carbocycles. The van der Waals surface area contributed by atoms with Crippen molar-refractivity contribution in [1.82, 2.24) is 9.55 Å². The second kappa shape index (κ2) is 7.14. The van der Waals surface area contributed by atoms with Crippen molar-refractivity contribution in [2.24, 2.45) is 0 Å². The second-order valence-electron chi connectivity index (χ2n) is 6.55. The van der Waals surface area contributed by atoms with Crippen molar-refractivity contribution < 1.29 is 9.50 Å². The van der Waals surface area contributed by atoms with Gasteiger partial charge in [0.25, 0.3) is 0 Å². The van der Waals surface area contributed by atoms with Gasteiger partial charge in [-0.2, -0.15) is 4.39 Å². The molecule has 0 unspecified atom stereocenters. The first kappa shape index (κ1) is 17.7. The predicted molar refractivity (Wildman–Crippen MR) is 106 cm³/mol. The van der Waals surface area contributed by atoms with Gasteiger partial charge in [0.15, 0.2) is 0 Å². The summed E-state index contributed by atoms with van der Waals surface area (Å²) in [7, 11) is 0. The molecule has 2 aromatic carbocycles. The fourth-order valence-corrected chi connectivity index (χ4v) is 3.70. The Morgan fingerprint density at radius 3 is 2.63 bits per heavy atom. The van der Waals surface area contributed by atoms with Crippen LogP contribution >= 0.6 is 11.6 Å². The normalized spacial score (nSPS) is 11.3. The van der Waals surface area contributed by atoms with E-state index in [4.69, 9.17) is 11.6 Å². The van der Waals surface area contributed by atoms with E-state index in [1.54, 1.807) is 6.07 Å². The van der Waals surface area contributed by atoms with E-state index in [0.717, 1.165) is 38.9 Å². The number of fused-ring (bicyclic) bond motifs is 1. The summed E-state index contributed by atoms with van der Waals surface area (Å²) in [6.07, 6.45) is 1.51. The van der Waals surface area contributed by atoms with E-state index in [1.807, 2.05) is 43.3 Å². The molecule has 5 heteroatoms. The summed E-state index contributed by atoms with van der Waals surface area (Å²) >= 11 is 6.36. The number of aromatic nitrogens is 2. The maximum atomic E-state index is 13.3. The molecule has 4 rings (SSSR count). The standard InChI is InChI=1S/C22H18ClFN2O/c1-14-6-8-19-17(10-14)22(15-7-9-21(24)25-11-15)20(13-27)26(19)12-16-4-2-3-5-18(16)23/h2-11,27H,12-13H2,1H3. The van der Waals surface area contributed by atoms with Crippen molar-refractivity contribution in [1.29, 1.82) is 0 Å². The first-order chi connectivity index (χ1) is 13.1. The molecule has 3 nitrogen and oxygen atoms in total. The molecule has 0 bridgehead atoms. The Labute approximate surface area is 161 Å². The molecule has 0 saturated heterocycles. The van der Waals surface area contributed by atoms with Crippen molar-refractivity contribution in [3.8, 4) is 11.1 Å². The van der Waals surface area contributed by atoms with E-state index < -0.39 is 5.95 Å². The summed E-state index contributed by atoms with van der Waals surface area (Å²) in [4.78, 5) is 3.79. The highest BCUT2D eigenvalue weighted by Crippen LogP contribution is 2.36. The largest absolute Gasteiger partial charge is 0.390 e. The summed E-state index contributed by atoms with van der Waals surface area (Å²) in [6, 6.07) is 16.9. The molecule has 0 atom stereocenters. The minimum absolute atomic E-state index is 0.148. The lowest BCUT2D eigenvalue weighted by Crippen LogP contribution is -2.05. The number of nitrogens with zero attached hydrogens (tertiary/aromatic N) is 2. The number of aliphatic hydroxyl groups excluding tert-OH is 1. The van der Waals surface area contributed by atoms with Gasteiger partial charge in [0, 0.05) is 39.8 Å². The van der Waals surface area contributed by atoms with Crippen LogP contribution in [0.5, 0.6) is 0 Å². The van der Waals surface area contributed by atoms with Crippen LogP contribution in [0.1, 0.15) is 16.8 Å². The summed E-state index contributed by atoms with van der Waals surface area (Å²) in [5.41, 5.74) is 5.46. The van der Waals surface area contributed by atoms with Crippen LogP contribution in [-0.4, -0.2) is 14.7 Å². The molecule has 0 amide bonds. The number of aryl methyl sites for hydroxylation is 1. The molecule has 4 aromatic rings. The Balaban J connectivity index is 1.99. The van der Waals surface area contributed by atoms with Crippen molar-refractivity contribution in [3.63, 3.8) is 0 Å². The third-order valence-corrected chi connectivity index (χ3v) is 5.15. The molecule has 0 fully saturated rings. The molecular weight excluding hydrogens is 363 g/mol. The molecule has 27 heavy (non-hydrogen) atoms. The lowest BCUT2D eigenvalue weighted by atomic mass is 10.0. The third kappa shape index (κ3) is 3.22. The molecular formula is C22H18ClFN2O. The van der Waals surface area contributed by atoms with Crippen LogP contribution < -0.4 is 0 Å². The highest BCUT2D eigenvalue weighted by atomic mass is 35.5. The van der Waals surface area contributed by atoms with Crippen LogP contribution in [0.4, 0.5) is 4.39 Å². The van der Waals surface area contributed by atoms with Gasteiger partial charge in [-0.3, -0.25) is 0 Å². The number of halogens is 2. The van der Waals surface area contributed by atoms with E-state index in [0.29, 0.717) is 11.6 Å². The number of benzene rings is 2. The lowest BCUT2D eigenvalue weighted by Gasteiger charge is -2.12. The van der Waals surface area contributed by atoms with E-state index in [1.165, 1.54) is 12.3 Å². The van der Waals surface area contributed by atoms with Gasteiger partial charge in [0.1, 0.15) is 0 Å². The maximum Gasteiger partial charge on any atom is 0.212 e. The van der Waals surface area contributed by atoms with Gasteiger partial charge in [0.2, 0.25) is 5.95 Å². The average Bonchev–Trinajstić information content (AvgIpc) is 2.97. The number of aliphatic hydroxyl groups is 1. The van der Waals surface area contributed by atoms with Crippen LogP contribution in [0.25, 0.3) is 22.0 Å².